The number of rotatable bonds is 3. The molecular formula is C14H18N2O. The van der Waals surface area contributed by atoms with Gasteiger partial charge in [-0.1, -0.05) is 32.1 Å². The molecule has 0 bridgehead atoms. The van der Waals surface area contributed by atoms with Crippen LogP contribution >= 0.6 is 0 Å². The number of benzene rings is 1. The Kier molecular flexibility index (Phi) is 8.05. The van der Waals surface area contributed by atoms with Crippen molar-refractivity contribution >= 4 is 5.91 Å². The third-order valence-corrected chi connectivity index (χ3v) is 1.87. The fraction of sp³-hybridized carbons (Fsp3) is 0.286. The number of hydrogen-bond donors (Lipinski definition) is 1. The van der Waals surface area contributed by atoms with Crippen molar-refractivity contribution in [2.45, 2.75) is 20.8 Å². The van der Waals surface area contributed by atoms with Gasteiger partial charge in [-0.15, -0.1) is 0 Å². The van der Waals surface area contributed by atoms with E-state index in [2.05, 4.69) is 5.32 Å². The quantitative estimate of drug-likeness (QED) is 0.812. The van der Waals surface area contributed by atoms with Crippen LogP contribution in [0.3, 0.4) is 0 Å². The van der Waals surface area contributed by atoms with E-state index in [1.807, 2.05) is 39.0 Å². The largest absolute Gasteiger partial charge is 0.349 e. The molecule has 1 rings (SSSR count). The molecule has 1 N–H and O–H groups in total. The van der Waals surface area contributed by atoms with E-state index >= 15 is 0 Å². The Hall–Kier alpha value is -2.08. The van der Waals surface area contributed by atoms with Crippen molar-refractivity contribution in [1.29, 1.82) is 5.26 Å². The van der Waals surface area contributed by atoms with Gasteiger partial charge < -0.3 is 5.32 Å². The van der Waals surface area contributed by atoms with Gasteiger partial charge in [0.15, 0.2) is 0 Å². The highest BCUT2D eigenvalue weighted by atomic mass is 16.1. The summed E-state index contributed by atoms with van der Waals surface area (Å²) in [5.41, 5.74) is 1.01. The van der Waals surface area contributed by atoms with Crippen LogP contribution in [0.5, 0.6) is 0 Å². The summed E-state index contributed by atoms with van der Waals surface area (Å²) in [6, 6.07) is 8.62. The Morgan fingerprint density at radius 3 is 2.76 bits per heavy atom. The Morgan fingerprint density at radius 2 is 2.18 bits per heavy atom. The maximum absolute atomic E-state index is 11.5. The fourth-order valence-electron chi connectivity index (χ4n) is 1.10. The van der Waals surface area contributed by atoms with E-state index in [0.717, 1.165) is 0 Å². The molecule has 1 amide bonds. The van der Waals surface area contributed by atoms with E-state index in [9.17, 15) is 4.79 Å². The van der Waals surface area contributed by atoms with E-state index in [1.165, 1.54) is 0 Å². The zero-order chi connectivity index (χ0) is 13.1. The summed E-state index contributed by atoms with van der Waals surface area (Å²) >= 11 is 0. The average Bonchev–Trinajstić information content (AvgIpc) is 2.41. The molecule has 0 saturated heterocycles. The Labute approximate surface area is 103 Å². The van der Waals surface area contributed by atoms with Gasteiger partial charge in [0.05, 0.1) is 11.6 Å². The fourth-order valence-corrected chi connectivity index (χ4v) is 1.10. The van der Waals surface area contributed by atoms with Gasteiger partial charge in [0.1, 0.15) is 0 Å². The van der Waals surface area contributed by atoms with Crippen LogP contribution in [0.1, 0.15) is 36.7 Å². The van der Waals surface area contributed by atoms with Gasteiger partial charge in [-0.3, -0.25) is 4.79 Å². The van der Waals surface area contributed by atoms with Crippen molar-refractivity contribution in [3.8, 4) is 6.07 Å². The Morgan fingerprint density at radius 1 is 1.47 bits per heavy atom. The molecule has 0 aliphatic rings. The summed E-state index contributed by atoms with van der Waals surface area (Å²) in [5, 5.41) is 11.4. The SMILES string of the molecule is C/C=C/CNC(=O)c1cccc(C#N)c1.CC. The molecular weight excluding hydrogens is 212 g/mol. The van der Waals surface area contributed by atoms with Crippen molar-refractivity contribution in [3.63, 3.8) is 0 Å². The molecule has 3 nitrogen and oxygen atoms in total. The lowest BCUT2D eigenvalue weighted by Crippen LogP contribution is -2.23. The maximum Gasteiger partial charge on any atom is 0.251 e. The number of allylic oxidation sites excluding steroid dienone is 1. The summed E-state index contributed by atoms with van der Waals surface area (Å²) in [4.78, 5) is 11.5. The van der Waals surface area contributed by atoms with Gasteiger partial charge in [-0.05, 0) is 25.1 Å². The molecule has 0 fully saturated rings. The molecule has 0 spiro atoms. The summed E-state index contributed by atoms with van der Waals surface area (Å²) < 4.78 is 0. The van der Waals surface area contributed by atoms with Crippen LogP contribution in [0.15, 0.2) is 36.4 Å². The molecule has 0 heterocycles. The van der Waals surface area contributed by atoms with E-state index in [1.54, 1.807) is 24.3 Å². The van der Waals surface area contributed by atoms with Crippen LogP contribution in [0, 0.1) is 11.3 Å². The molecule has 1 aromatic rings. The van der Waals surface area contributed by atoms with Crippen LogP contribution in [0.2, 0.25) is 0 Å². The van der Waals surface area contributed by atoms with Crippen molar-refractivity contribution in [1.82, 2.24) is 5.32 Å². The zero-order valence-corrected chi connectivity index (χ0v) is 10.5. The van der Waals surface area contributed by atoms with E-state index in [-0.39, 0.29) is 5.91 Å². The minimum Gasteiger partial charge on any atom is -0.349 e. The van der Waals surface area contributed by atoms with Crippen molar-refractivity contribution in [2.75, 3.05) is 6.54 Å². The van der Waals surface area contributed by atoms with E-state index < -0.39 is 0 Å². The molecule has 0 aliphatic carbocycles. The van der Waals surface area contributed by atoms with Crippen LogP contribution in [-0.2, 0) is 0 Å². The molecule has 90 valence electrons. The first kappa shape index (κ1) is 14.9. The summed E-state index contributed by atoms with van der Waals surface area (Å²) in [5.74, 6) is -0.162. The lowest BCUT2D eigenvalue weighted by molar-refractivity contribution is 0.0958. The summed E-state index contributed by atoms with van der Waals surface area (Å²) in [6.07, 6.45) is 3.72. The zero-order valence-electron chi connectivity index (χ0n) is 10.5. The van der Waals surface area contributed by atoms with Gasteiger partial charge in [0, 0.05) is 12.1 Å². The third kappa shape index (κ3) is 5.53. The van der Waals surface area contributed by atoms with Crippen molar-refractivity contribution < 1.29 is 4.79 Å². The van der Waals surface area contributed by atoms with Crippen LogP contribution in [0.25, 0.3) is 0 Å². The molecule has 3 heteroatoms. The number of hydrogen-bond acceptors (Lipinski definition) is 2. The van der Waals surface area contributed by atoms with Gasteiger partial charge in [-0.2, -0.15) is 5.26 Å². The topological polar surface area (TPSA) is 52.9 Å². The number of carbonyl (C=O) groups excluding carboxylic acids is 1. The summed E-state index contributed by atoms with van der Waals surface area (Å²) in [7, 11) is 0. The van der Waals surface area contributed by atoms with Gasteiger partial charge in [-0.25, -0.2) is 0 Å². The second kappa shape index (κ2) is 9.17. The smallest absolute Gasteiger partial charge is 0.251 e. The first-order valence-electron chi connectivity index (χ1n) is 5.67. The third-order valence-electron chi connectivity index (χ3n) is 1.87. The van der Waals surface area contributed by atoms with Gasteiger partial charge in [0.2, 0.25) is 0 Å². The predicted octanol–water partition coefficient (Wildman–Crippen LogP) is 2.89. The first-order chi connectivity index (χ1) is 8.27. The lowest BCUT2D eigenvalue weighted by atomic mass is 10.1. The Balaban J connectivity index is 0.00000121. The monoisotopic (exact) mass is 230 g/mol. The highest BCUT2D eigenvalue weighted by Gasteiger charge is 2.03. The minimum absolute atomic E-state index is 0.162. The minimum atomic E-state index is -0.162. The molecule has 0 aromatic heterocycles. The van der Waals surface area contributed by atoms with Crippen molar-refractivity contribution in [2.24, 2.45) is 0 Å². The number of carbonyl (C=O) groups is 1. The average molecular weight is 230 g/mol. The van der Waals surface area contributed by atoms with Crippen LogP contribution in [-0.4, -0.2) is 12.5 Å². The number of nitrogens with zero attached hydrogens (tertiary/aromatic N) is 1. The molecule has 0 unspecified atom stereocenters. The van der Waals surface area contributed by atoms with Gasteiger partial charge >= 0.3 is 0 Å². The number of amides is 1. The highest BCUT2D eigenvalue weighted by molar-refractivity contribution is 5.94. The normalized spacial score (nSPS) is 9.06. The maximum atomic E-state index is 11.5. The van der Waals surface area contributed by atoms with E-state index in [0.29, 0.717) is 17.7 Å². The molecule has 1 aromatic carbocycles. The number of nitrogens with one attached hydrogen (secondary N) is 1. The number of nitriles is 1. The van der Waals surface area contributed by atoms with Crippen LogP contribution < -0.4 is 5.32 Å². The Bertz CT molecular complexity index is 416. The molecule has 0 radical (unpaired) electrons. The standard InChI is InChI=1S/C12H12N2O.C2H6/c1-2-3-7-14-12(15)11-6-4-5-10(8-11)9-13;1-2/h2-6,8H,7H2,1H3,(H,14,15);1-2H3/b3-2+;. The predicted molar refractivity (Wildman–Crippen MR) is 69.7 cm³/mol. The van der Waals surface area contributed by atoms with Crippen molar-refractivity contribution in [3.05, 3.63) is 47.5 Å². The molecule has 0 aliphatic heterocycles. The second-order valence-electron chi connectivity index (χ2n) is 2.97. The molecule has 0 atom stereocenters. The molecule has 0 saturated carbocycles. The van der Waals surface area contributed by atoms with Gasteiger partial charge in [0.25, 0.3) is 5.91 Å². The molecule has 17 heavy (non-hydrogen) atoms. The second-order valence-corrected chi connectivity index (χ2v) is 2.97. The first-order valence-corrected chi connectivity index (χ1v) is 5.67. The van der Waals surface area contributed by atoms with E-state index in [4.69, 9.17) is 5.26 Å². The van der Waals surface area contributed by atoms with Crippen LogP contribution in [0.4, 0.5) is 0 Å². The highest BCUT2D eigenvalue weighted by Crippen LogP contribution is 2.03. The summed E-state index contributed by atoms with van der Waals surface area (Å²) in [6.45, 7) is 6.40. The lowest BCUT2D eigenvalue weighted by Gasteiger charge is -2.01.